The molecular weight excluding hydrogens is 370 g/mol. The van der Waals surface area contributed by atoms with E-state index in [0.717, 1.165) is 42.5 Å². The Bertz CT molecular complexity index is 1040. The molecule has 0 unspecified atom stereocenters. The van der Waals surface area contributed by atoms with Gasteiger partial charge in [0.15, 0.2) is 5.65 Å². The largest absolute Gasteiger partial charge is 0.481 e. The lowest BCUT2D eigenvalue weighted by Crippen LogP contribution is -2.14. The van der Waals surface area contributed by atoms with Crippen LogP contribution in [0.1, 0.15) is 31.2 Å². The molecule has 1 aromatic carbocycles. The van der Waals surface area contributed by atoms with Gasteiger partial charge in [0.25, 0.3) is 0 Å². The zero-order valence-electron chi connectivity index (χ0n) is 15.9. The standard InChI is InChI=1S/C17H17N5O.C4H6O2/c18-10-11-4-6-12(7-5-11)14-2-1-3-15-19-17(21-22(14)15)20-16(23)13-8-9-13;5-4(6)3-1-2-3/h1-7,13H,8-10,18H2,(H,20,21,23);3H,1-2H2,(H,5,6). The molecule has 2 fully saturated rings. The molecule has 150 valence electrons. The van der Waals surface area contributed by atoms with Crippen LogP contribution in [0, 0.1) is 11.8 Å². The first kappa shape index (κ1) is 19.1. The number of fused-ring (bicyclic) bond motifs is 1. The number of carbonyl (C=O) groups is 2. The smallest absolute Gasteiger partial charge is 0.306 e. The number of hydrogen-bond acceptors (Lipinski definition) is 5. The van der Waals surface area contributed by atoms with Gasteiger partial charge in [0.1, 0.15) is 0 Å². The third kappa shape index (κ3) is 4.60. The number of pyridine rings is 1. The Labute approximate surface area is 167 Å². The number of carboxylic acid groups (broad SMARTS) is 1. The summed E-state index contributed by atoms with van der Waals surface area (Å²) in [6, 6.07) is 13.8. The molecule has 8 heteroatoms. The number of benzene rings is 1. The van der Waals surface area contributed by atoms with Crippen molar-refractivity contribution in [2.45, 2.75) is 32.2 Å². The number of hydrogen-bond donors (Lipinski definition) is 3. The van der Waals surface area contributed by atoms with Gasteiger partial charge in [-0.2, -0.15) is 4.98 Å². The van der Waals surface area contributed by atoms with Crippen LogP contribution in [-0.4, -0.2) is 31.6 Å². The first-order valence-electron chi connectivity index (χ1n) is 9.74. The van der Waals surface area contributed by atoms with Gasteiger partial charge in [-0.25, -0.2) is 4.52 Å². The lowest BCUT2D eigenvalue weighted by molar-refractivity contribution is -0.138. The van der Waals surface area contributed by atoms with Gasteiger partial charge in [-0.1, -0.05) is 30.3 Å². The van der Waals surface area contributed by atoms with Crippen molar-refractivity contribution in [1.82, 2.24) is 14.6 Å². The number of nitrogens with two attached hydrogens (primary N) is 1. The molecule has 29 heavy (non-hydrogen) atoms. The molecule has 0 radical (unpaired) electrons. The Morgan fingerprint density at radius 2 is 1.76 bits per heavy atom. The van der Waals surface area contributed by atoms with Crippen molar-refractivity contribution in [1.29, 1.82) is 0 Å². The number of amides is 1. The number of carboxylic acids is 1. The minimum Gasteiger partial charge on any atom is -0.481 e. The quantitative estimate of drug-likeness (QED) is 0.612. The van der Waals surface area contributed by atoms with Gasteiger partial charge in [-0.3, -0.25) is 14.9 Å². The second-order valence-electron chi connectivity index (χ2n) is 7.39. The molecule has 0 bridgehead atoms. The number of aliphatic carboxylic acids is 1. The van der Waals surface area contributed by atoms with E-state index in [1.165, 1.54) is 0 Å². The predicted molar refractivity (Wildman–Crippen MR) is 108 cm³/mol. The minimum atomic E-state index is -0.630. The lowest BCUT2D eigenvalue weighted by atomic mass is 10.1. The van der Waals surface area contributed by atoms with E-state index in [1.807, 2.05) is 42.5 Å². The Hall–Kier alpha value is -3.26. The van der Waals surface area contributed by atoms with E-state index in [-0.39, 0.29) is 17.7 Å². The molecule has 0 spiro atoms. The zero-order chi connectivity index (χ0) is 20.4. The van der Waals surface area contributed by atoms with Crippen LogP contribution >= 0.6 is 0 Å². The first-order chi connectivity index (χ1) is 14.0. The monoisotopic (exact) mass is 393 g/mol. The maximum Gasteiger partial charge on any atom is 0.306 e. The maximum atomic E-state index is 11.9. The van der Waals surface area contributed by atoms with Crippen molar-refractivity contribution >= 4 is 23.5 Å². The van der Waals surface area contributed by atoms with E-state index < -0.39 is 5.97 Å². The minimum absolute atomic E-state index is 0.00903. The van der Waals surface area contributed by atoms with Crippen molar-refractivity contribution in [3.8, 4) is 11.3 Å². The highest BCUT2D eigenvalue weighted by Crippen LogP contribution is 2.30. The normalized spacial score (nSPS) is 15.5. The van der Waals surface area contributed by atoms with E-state index in [1.54, 1.807) is 4.52 Å². The number of rotatable bonds is 5. The first-order valence-corrected chi connectivity index (χ1v) is 9.74. The average molecular weight is 393 g/mol. The highest BCUT2D eigenvalue weighted by molar-refractivity contribution is 5.92. The number of anilines is 1. The third-order valence-electron chi connectivity index (χ3n) is 4.95. The Morgan fingerprint density at radius 3 is 2.31 bits per heavy atom. The van der Waals surface area contributed by atoms with Crippen molar-refractivity contribution < 1.29 is 14.7 Å². The summed E-state index contributed by atoms with van der Waals surface area (Å²) < 4.78 is 1.75. The SMILES string of the molecule is NCc1ccc(-c2cccc3nc(NC(=O)C4CC4)nn23)cc1.O=C(O)C1CC1. The van der Waals surface area contributed by atoms with Crippen LogP contribution < -0.4 is 11.1 Å². The van der Waals surface area contributed by atoms with Gasteiger partial charge in [0, 0.05) is 18.0 Å². The molecule has 3 aromatic rings. The van der Waals surface area contributed by atoms with Crippen LogP contribution in [-0.2, 0) is 16.1 Å². The molecule has 0 aliphatic heterocycles. The van der Waals surface area contributed by atoms with Crippen LogP contribution in [0.2, 0.25) is 0 Å². The summed E-state index contributed by atoms with van der Waals surface area (Å²) in [6.45, 7) is 0.519. The Morgan fingerprint density at radius 1 is 1.07 bits per heavy atom. The molecule has 1 amide bonds. The van der Waals surface area contributed by atoms with Crippen LogP contribution in [0.15, 0.2) is 42.5 Å². The highest BCUT2D eigenvalue weighted by Gasteiger charge is 2.30. The topological polar surface area (TPSA) is 123 Å². The van der Waals surface area contributed by atoms with E-state index >= 15 is 0 Å². The van der Waals surface area contributed by atoms with Gasteiger partial charge in [0.05, 0.1) is 11.6 Å². The molecule has 0 saturated heterocycles. The summed E-state index contributed by atoms with van der Waals surface area (Å²) >= 11 is 0. The van der Waals surface area contributed by atoms with Crippen LogP contribution in [0.5, 0.6) is 0 Å². The zero-order valence-corrected chi connectivity index (χ0v) is 15.9. The van der Waals surface area contributed by atoms with Crippen LogP contribution in [0.3, 0.4) is 0 Å². The van der Waals surface area contributed by atoms with Gasteiger partial charge in [-0.05, 0) is 43.4 Å². The van der Waals surface area contributed by atoms with Crippen LogP contribution in [0.25, 0.3) is 16.9 Å². The molecule has 8 nitrogen and oxygen atoms in total. The molecule has 2 aliphatic carbocycles. The molecule has 2 saturated carbocycles. The summed E-state index contributed by atoms with van der Waals surface area (Å²) in [7, 11) is 0. The molecule has 0 atom stereocenters. The van der Waals surface area contributed by atoms with E-state index in [0.29, 0.717) is 18.1 Å². The third-order valence-corrected chi connectivity index (χ3v) is 4.95. The Balaban J connectivity index is 0.000000294. The molecule has 2 aliphatic rings. The highest BCUT2D eigenvalue weighted by atomic mass is 16.4. The van der Waals surface area contributed by atoms with Crippen molar-refractivity contribution in [2.75, 3.05) is 5.32 Å². The summed E-state index contributed by atoms with van der Waals surface area (Å²) in [5.41, 5.74) is 9.37. The molecule has 5 rings (SSSR count). The van der Waals surface area contributed by atoms with E-state index in [2.05, 4.69) is 15.4 Å². The van der Waals surface area contributed by atoms with Gasteiger partial charge >= 0.3 is 5.97 Å². The number of carbonyl (C=O) groups excluding carboxylic acids is 1. The number of nitrogens with zero attached hydrogens (tertiary/aromatic N) is 3. The summed E-state index contributed by atoms with van der Waals surface area (Å²) in [5, 5.41) is 15.3. The average Bonchev–Trinajstić information content (AvgIpc) is 3.63. The van der Waals surface area contributed by atoms with Gasteiger partial charge < -0.3 is 10.8 Å². The molecule has 2 aromatic heterocycles. The van der Waals surface area contributed by atoms with Crippen molar-refractivity contribution in [3.05, 3.63) is 48.0 Å². The fraction of sp³-hybridized carbons (Fsp3) is 0.333. The summed E-state index contributed by atoms with van der Waals surface area (Å²) in [4.78, 5) is 26.0. The predicted octanol–water partition coefficient (Wildman–Crippen LogP) is 2.68. The Kier molecular flexibility index (Phi) is 5.26. The number of nitrogens with one attached hydrogen (secondary N) is 1. The van der Waals surface area contributed by atoms with E-state index in [4.69, 9.17) is 10.8 Å². The summed E-state index contributed by atoms with van der Waals surface area (Å²) in [5.74, 6) is -0.118. The molecule has 4 N–H and O–H groups in total. The van der Waals surface area contributed by atoms with Crippen LogP contribution in [0.4, 0.5) is 5.95 Å². The second kappa shape index (κ2) is 8.00. The second-order valence-corrected chi connectivity index (χ2v) is 7.39. The fourth-order valence-corrected chi connectivity index (χ4v) is 2.88. The van der Waals surface area contributed by atoms with Gasteiger partial charge in [0.2, 0.25) is 11.9 Å². The van der Waals surface area contributed by atoms with Gasteiger partial charge in [-0.15, -0.1) is 5.10 Å². The molecule has 2 heterocycles. The number of aromatic nitrogens is 3. The van der Waals surface area contributed by atoms with Crippen molar-refractivity contribution in [3.63, 3.8) is 0 Å². The molecular formula is C21H23N5O3. The lowest BCUT2D eigenvalue weighted by Gasteiger charge is -2.05. The fourth-order valence-electron chi connectivity index (χ4n) is 2.88. The van der Waals surface area contributed by atoms with Crippen molar-refractivity contribution in [2.24, 2.45) is 17.6 Å². The maximum absolute atomic E-state index is 11.9. The summed E-state index contributed by atoms with van der Waals surface area (Å²) in [6.07, 6.45) is 3.71. The van der Waals surface area contributed by atoms with E-state index in [9.17, 15) is 9.59 Å².